The van der Waals surface area contributed by atoms with Gasteiger partial charge in [-0.1, -0.05) is 0 Å². The van der Waals surface area contributed by atoms with Gasteiger partial charge in [-0.2, -0.15) is 0 Å². The summed E-state index contributed by atoms with van der Waals surface area (Å²) in [6, 6.07) is 3.34. The first-order valence-electron chi connectivity index (χ1n) is 4.74. The van der Waals surface area contributed by atoms with Crippen LogP contribution in [0.3, 0.4) is 0 Å². The molecule has 0 aliphatic rings. The van der Waals surface area contributed by atoms with Gasteiger partial charge in [0.2, 0.25) is 0 Å². The smallest absolute Gasteiger partial charge is 0.139 e. The number of H-pyrrole nitrogens is 1. The van der Waals surface area contributed by atoms with E-state index in [1.165, 1.54) is 11.6 Å². The number of benzene rings is 1. The fraction of sp³-hybridized carbons (Fsp3) is 0.273. The van der Waals surface area contributed by atoms with Gasteiger partial charge in [0, 0.05) is 23.1 Å². The standard InChI is InChI=1S/C11H12BrFN2/c1-6-8(5-14-2)7-3-9(12)10(13)4-11(7)15-6/h3-4,14-15H,5H2,1-2H3. The molecule has 0 aliphatic carbocycles. The fourth-order valence-electron chi connectivity index (χ4n) is 1.78. The first kappa shape index (κ1) is 10.6. The topological polar surface area (TPSA) is 27.8 Å². The van der Waals surface area contributed by atoms with E-state index in [1.807, 2.05) is 20.0 Å². The highest BCUT2D eigenvalue weighted by molar-refractivity contribution is 9.10. The van der Waals surface area contributed by atoms with Gasteiger partial charge in [-0.15, -0.1) is 0 Å². The number of hydrogen-bond acceptors (Lipinski definition) is 1. The molecule has 0 radical (unpaired) electrons. The Bertz CT molecular complexity index is 505. The molecule has 80 valence electrons. The van der Waals surface area contributed by atoms with Gasteiger partial charge in [-0.3, -0.25) is 0 Å². The number of fused-ring (bicyclic) bond motifs is 1. The van der Waals surface area contributed by atoms with Crippen LogP contribution >= 0.6 is 15.9 Å². The number of aromatic nitrogens is 1. The Morgan fingerprint density at radius 1 is 1.47 bits per heavy atom. The molecule has 1 heterocycles. The van der Waals surface area contributed by atoms with Crippen molar-refractivity contribution in [1.82, 2.24) is 10.3 Å². The molecule has 2 aromatic rings. The highest BCUT2D eigenvalue weighted by Gasteiger charge is 2.10. The van der Waals surface area contributed by atoms with E-state index in [0.717, 1.165) is 23.1 Å². The maximum Gasteiger partial charge on any atom is 0.139 e. The molecule has 0 fully saturated rings. The van der Waals surface area contributed by atoms with Gasteiger partial charge in [0.05, 0.1) is 4.47 Å². The quantitative estimate of drug-likeness (QED) is 0.863. The lowest BCUT2D eigenvalue weighted by Crippen LogP contribution is -2.05. The monoisotopic (exact) mass is 270 g/mol. The Morgan fingerprint density at radius 3 is 2.87 bits per heavy atom. The van der Waals surface area contributed by atoms with E-state index in [0.29, 0.717) is 4.47 Å². The lowest BCUT2D eigenvalue weighted by molar-refractivity contribution is 0.623. The van der Waals surface area contributed by atoms with Crippen LogP contribution in [0.25, 0.3) is 10.9 Å². The maximum absolute atomic E-state index is 13.3. The molecule has 0 aliphatic heterocycles. The predicted molar refractivity (Wildman–Crippen MR) is 63.5 cm³/mol. The normalized spacial score (nSPS) is 11.2. The minimum Gasteiger partial charge on any atom is -0.358 e. The minimum absolute atomic E-state index is 0.236. The van der Waals surface area contributed by atoms with E-state index in [9.17, 15) is 4.39 Å². The number of hydrogen-bond donors (Lipinski definition) is 2. The van der Waals surface area contributed by atoms with Gasteiger partial charge in [-0.05, 0) is 47.6 Å². The summed E-state index contributed by atoms with van der Waals surface area (Å²) in [6.07, 6.45) is 0. The minimum atomic E-state index is -0.236. The maximum atomic E-state index is 13.3. The zero-order valence-corrected chi connectivity index (χ0v) is 10.2. The highest BCUT2D eigenvalue weighted by atomic mass is 79.9. The van der Waals surface area contributed by atoms with E-state index >= 15 is 0 Å². The average Bonchev–Trinajstić information content (AvgIpc) is 2.46. The van der Waals surface area contributed by atoms with E-state index in [1.54, 1.807) is 0 Å². The summed E-state index contributed by atoms with van der Waals surface area (Å²) in [4.78, 5) is 3.18. The Balaban J connectivity index is 2.70. The molecule has 0 unspecified atom stereocenters. The van der Waals surface area contributed by atoms with Crippen molar-refractivity contribution in [2.75, 3.05) is 7.05 Å². The van der Waals surface area contributed by atoms with E-state index in [4.69, 9.17) is 0 Å². The molecule has 0 bridgehead atoms. The van der Waals surface area contributed by atoms with E-state index < -0.39 is 0 Å². The summed E-state index contributed by atoms with van der Waals surface area (Å²) >= 11 is 3.20. The Hall–Kier alpha value is -0.870. The van der Waals surface area contributed by atoms with Crippen LogP contribution in [0.1, 0.15) is 11.3 Å². The Kier molecular flexibility index (Phi) is 2.80. The average molecular weight is 271 g/mol. The van der Waals surface area contributed by atoms with Gasteiger partial charge in [0.25, 0.3) is 0 Å². The largest absolute Gasteiger partial charge is 0.358 e. The number of rotatable bonds is 2. The van der Waals surface area contributed by atoms with Crippen LogP contribution in [0.5, 0.6) is 0 Å². The van der Waals surface area contributed by atoms with Crippen LogP contribution in [0.4, 0.5) is 4.39 Å². The van der Waals surface area contributed by atoms with Crippen LogP contribution in [0, 0.1) is 12.7 Å². The van der Waals surface area contributed by atoms with Crippen molar-refractivity contribution in [2.24, 2.45) is 0 Å². The van der Waals surface area contributed by atoms with Crippen molar-refractivity contribution >= 4 is 26.8 Å². The van der Waals surface area contributed by atoms with E-state index in [-0.39, 0.29) is 5.82 Å². The summed E-state index contributed by atoms with van der Waals surface area (Å²) < 4.78 is 13.8. The summed E-state index contributed by atoms with van der Waals surface area (Å²) in [6.45, 7) is 2.78. The first-order chi connectivity index (χ1) is 7.13. The highest BCUT2D eigenvalue weighted by Crippen LogP contribution is 2.27. The molecule has 0 amide bonds. The summed E-state index contributed by atoms with van der Waals surface area (Å²) in [5, 5.41) is 4.17. The zero-order chi connectivity index (χ0) is 11.0. The second kappa shape index (κ2) is 3.94. The summed E-state index contributed by atoms with van der Waals surface area (Å²) in [7, 11) is 1.90. The van der Waals surface area contributed by atoms with Crippen molar-refractivity contribution in [3.05, 3.63) is 33.7 Å². The Labute approximate surface area is 96.0 Å². The summed E-state index contributed by atoms with van der Waals surface area (Å²) in [5.41, 5.74) is 3.11. The molecule has 1 aromatic carbocycles. The molecule has 2 nitrogen and oxygen atoms in total. The van der Waals surface area contributed by atoms with Crippen LogP contribution in [-0.2, 0) is 6.54 Å². The van der Waals surface area contributed by atoms with Crippen LogP contribution in [-0.4, -0.2) is 12.0 Å². The SMILES string of the molecule is CNCc1c(C)[nH]c2cc(F)c(Br)cc12. The second-order valence-corrected chi connectivity index (χ2v) is 4.43. The predicted octanol–water partition coefficient (Wildman–Crippen LogP) is 3.10. The molecule has 1 aromatic heterocycles. The van der Waals surface area contributed by atoms with Crippen molar-refractivity contribution in [1.29, 1.82) is 0 Å². The molecule has 0 saturated carbocycles. The van der Waals surface area contributed by atoms with Crippen LogP contribution < -0.4 is 5.32 Å². The molecule has 2 N–H and O–H groups in total. The fourth-order valence-corrected chi connectivity index (χ4v) is 2.13. The molecular formula is C11H12BrFN2. The molecule has 15 heavy (non-hydrogen) atoms. The second-order valence-electron chi connectivity index (χ2n) is 3.57. The van der Waals surface area contributed by atoms with Gasteiger partial charge >= 0.3 is 0 Å². The van der Waals surface area contributed by atoms with Gasteiger partial charge in [-0.25, -0.2) is 4.39 Å². The van der Waals surface area contributed by atoms with Crippen LogP contribution in [0.15, 0.2) is 16.6 Å². The number of aryl methyl sites for hydroxylation is 1. The Morgan fingerprint density at radius 2 is 2.20 bits per heavy atom. The summed E-state index contributed by atoms with van der Waals surface area (Å²) in [5.74, 6) is -0.236. The van der Waals surface area contributed by atoms with Crippen molar-refractivity contribution < 1.29 is 4.39 Å². The van der Waals surface area contributed by atoms with Crippen LogP contribution in [0.2, 0.25) is 0 Å². The number of halogens is 2. The third-order valence-corrected chi connectivity index (χ3v) is 3.12. The molecule has 0 spiro atoms. The van der Waals surface area contributed by atoms with Gasteiger partial charge in [0.15, 0.2) is 0 Å². The van der Waals surface area contributed by atoms with Crippen molar-refractivity contribution in [3.8, 4) is 0 Å². The molecule has 4 heteroatoms. The van der Waals surface area contributed by atoms with Crippen molar-refractivity contribution in [3.63, 3.8) is 0 Å². The third-order valence-electron chi connectivity index (χ3n) is 2.51. The van der Waals surface area contributed by atoms with Gasteiger partial charge in [0.1, 0.15) is 5.82 Å². The molecule has 0 atom stereocenters. The molecular weight excluding hydrogens is 259 g/mol. The number of aromatic amines is 1. The van der Waals surface area contributed by atoms with E-state index in [2.05, 4.69) is 26.2 Å². The molecule has 0 saturated heterocycles. The zero-order valence-electron chi connectivity index (χ0n) is 8.62. The van der Waals surface area contributed by atoms with Crippen molar-refractivity contribution in [2.45, 2.75) is 13.5 Å². The number of nitrogens with one attached hydrogen (secondary N) is 2. The third kappa shape index (κ3) is 1.79. The van der Waals surface area contributed by atoms with Gasteiger partial charge < -0.3 is 10.3 Å². The lowest BCUT2D eigenvalue weighted by atomic mass is 10.1. The first-order valence-corrected chi connectivity index (χ1v) is 5.53. The molecule has 2 rings (SSSR count). The lowest BCUT2D eigenvalue weighted by Gasteiger charge is -2.00.